The van der Waals surface area contributed by atoms with Crippen LogP contribution in [0.15, 0.2) is 48.0 Å². The van der Waals surface area contributed by atoms with Crippen LogP contribution in [0.1, 0.15) is 50.1 Å². The van der Waals surface area contributed by atoms with Gasteiger partial charge in [-0.3, -0.25) is 24.0 Å². The fourth-order valence-electron chi connectivity index (χ4n) is 5.21. The van der Waals surface area contributed by atoms with E-state index in [2.05, 4.69) is 10.3 Å². The molecule has 0 saturated carbocycles. The fourth-order valence-corrected chi connectivity index (χ4v) is 5.87. The quantitative estimate of drug-likeness (QED) is 0.191. The molecule has 4 heterocycles. The molecule has 0 aliphatic carbocycles. The summed E-state index contributed by atoms with van der Waals surface area (Å²) in [6.07, 6.45) is -3.08. The lowest BCUT2D eigenvalue weighted by molar-refractivity contribution is -0.270. The molecule has 1 fully saturated rings. The first-order chi connectivity index (χ1) is 21.5. The first kappa shape index (κ1) is 31.5. The Hall–Kier alpha value is -4.89. The molecule has 0 N–H and O–H groups in total. The van der Waals surface area contributed by atoms with E-state index in [1.165, 1.54) is 29.1 Å². The Balaban J connectivity index is 1.47. The molecule has 1 saturated heterocycles. The van der Waals surface area contributed by atoms with Gasteiger partial charge in [-0.25, -0.2) is 4.68 Å². The molecule has 45 heavy (non-hydrogen) atoms. The maximum Gasteiger partial charge on any atom is 0.303 e. The van der Waals surface area contributed by atoms with Crippen LogP contribution in [0.3, 0.4) is 0 Å². The molecule has 1 aromatic carbocycles. The molecule has 14 nitrogen and oxygen atoms in total. The standard InChI is InChI=1S/C30H30N4O10S/c1-16(35)40-15-25-26(41-17(2)36)27(42-18(3)37)28(43-19(4)38)30(44-25)34-14-20(31-32-34)13-33-24-10-6-5-9-22(24)23(29(33)39)12-21-8-7-11-45-21/h5-12,14,25-28,30H,13,15H2,1-4H3/b23-12-/t25-,26-,27+,28-,30-/m1/s1. The van der Waals surface area contributed by atoms with Gasteiger partial charge in [0.2, 0.25) is 0 Å². The third-order valence-electron chi connectivity index (χ3n) is 6.90. The number of carbonyl (C=O) groups excluding carboxylic acids is 5. The molecule has 2 aliphatic rings. The highest BCUT2D eigenvalue weighted by molar-refractivity contribution is 7.11. The topological polar surface area (TPSA) is 165 Å². The van der Waals surface area contributed by atoms with Crippen molar-refractivity contribution in [1.82, 2.24) is 15.0 Å². The van der Waals surface area contributed by atoms with Crippen LogP contribution in [-0.2, 0) is 54.2 Å². The normalized spacial score (nSPS) is 23.4. The van der Waals surface area contributed by atoms with E-state index in [0.29, 0.717) is 17.0 Å². The van der Waals surface area contributed by atoms with E-state index in [1.54, 1.807) is 4.90 Å². The summed E-state index contributed by atoms with van der Waals surface area (Å²) in [6.45, 7) is 4.29. The average molecular weight is 639 g/mol. The van der Waals surface area contributed by atoms with Crippen molar-refractivity contribution in [1.29, 1.82) is 0 Å². The minimum Gasteiger partial charge on any atom is -0.463 e. The number of esters is 4. The molecular formula is C30H30N4O10S. The highest BCUT2D eigenvalue weighted by atomic mass is 32.1. The van der Waals surface area contributed by atoms with Crippen molar-refractivity contribution in [2.45, 2.75) is 64.9 Å². The Bertz CT molecular complexity index is 1630. The number of amides is 1. The Morgan fingerprint density at radius 1 is 0.911 bits per heavy atom. The van der Waals surface area contributed by atoms with E-state index in [9.17, 15) is 24.0 Å². The molecule has 2 aliphatic heterocycles. The number of para-hydroxylation sites is 1. The first-order valence-electron chi connectivity index (χ1n) is 13.9. The summed E-state index contributed by atoms with van der Waals surface area (Å²) < 4.78 is 29.0. The van der Waals surface area contributed by atoms with E-state index in [0.717, 1.165) is 31.2 Å². The maximum absolute atomic E-state index is 13.6. The van der Waals surface area contributed by atoms with Gasteiger partial charge in [0.1, 0.15) is 18.4 Å². The zero-order valence-electron chi connectivity index (χ0n) is 24.8. The summed E-state index contributed by atoms with van der Waals surface area (Å²) in [5.41, 5.74) is 2.39. The van der Waals surface area contributed by atoms with Gasteiger partial charge in [-0.15, -0.1) is 16.4 Å². The number of aromatic nitrogens is 3. The van der Waals surface area contributed by atoms with Gasteiger partial charge in [-0.1, -0.05) is 29.5 Å². The van der Waals surface area contributed by atoms with Crippen LogP contribution in [-0.4, -0.2) is 75.8 Å². The van der Waals surface area contributed by atoms with Crippen LogP contribution in [0, 0.1) is 0 Å². The second-order valence-corrected chi connectivity index (χ2v) is 11.2. The third-order valence-corrected chi connectivity index (χ3v) is 7.71. The van der Waals surface area contributed by atoms with Crippen molar-refractivity contribution < 1.29 is 47.7 Å². The van der Waals surface area contributed by atoms with E-state index < -0.39 is 54.5 Å². The molecular weight excluding hydrogens is 608 g/mol. The van der Waals surface area contributed by atoms with Gasteiger partial charge in [0.15, 0.2) is 24.5 Å². The summed E-state index contributed by atoms with van der Waals surface area (Å²) in [7, 11) is 0. The summed E-state index contributed by atoms with van der Waals surface area (Å²) in [5, 5.41) is 10.3. The molecule has 0 bridgehead atoms. The van der Waals surface area contributed by atoms with Crippen molar-refractivity contribution in [3.8, 4) is 0 Å². The van der Waals surface area contributed by atoms with Crippen molar-refractivity contribution in [3.63, 3.8) is 0 Å². The zero-order valence-corrected chi connectivity index (χ0v) is 25.6. The number of hydrogen-bond acceptors (Lipinski definition) is 13. The summed E-state index contributed by atoms with van der Waals surface area (Å²) in [5.74, 6) is -3.08. The van der Waals surface area contributed by atoms with Crippen LogP contribution in [0.2, 0.25) is 0 Å². The minimum atomic E-state index is -1.36. The van der Waals surface area contributed by atoms with Crippen molar-refractivity contribution in [2.75, 3.05) is 11.5 Å². The van der Waals surface area contributed by atoms with Crippen molar-refractivity contribution in [2.24, 2.45) is 0 Å². The Labute approximate surface area is 261 Å². The van der Waals surface area contributed by atoms with Crippen LogP contribution in [0.4, 0.5) is 5.69 Å². The number of ether oxygens (including phenoxy) is 5. The molecule has 3 aromatic rings. The molecule has 236 valence electrons. The number of anilines is 1. The van der Waals surface area contributed by atoms with Crippen molar-refractivity contribution >= 4 is 58.5 Å². The molecule has 15 heteroatoms. The van der Waals surface area contributed by atoms with Crippen LogP contribution in [0.25, 0.3) is 11.6 Å². The Morgan fingerprint density at radius 2 is 1.60 bits per heavy atom. The summed E-state index contributed by atoms with van der Waals surface area (Å²) in [6, 6.07) is 11.2. The van der Waals surface area contributed by atoms with Gasteiger partial charge in [-0.05, 0) is 23.6 Å². The molecule has 5 atom stereocenters. The van der Waals surface area contributed by atoms with Crippen LogP contribution < -0.4 is 4.90 Å². The molecule has 0 spiro atoms. The Morgan fingerprint density at radius 3 is 2.27 bits per heavy atom. The lowest BCUT2D eigenvalue weighted by Crippen LogP contribution is -2.60. The summed E-state index contributed by atoms with van der Waals surface area (Å²) in [4.78, 5) is 64.1. The van der Waals surface area contributed by atoms with Gasteiger partial charge in [0, 0.05) is 38.1 Å². The summed E-state index contributed by atoms with van der Waals surface area (Å²) >= 11 is 1.52. The monoisotopic (exact) mass is 638 g/mol. The average Bonchev–Trinajstić information content (AvgIpc) is 3.72. The van der Waals surface area contributed by atoms with Gasteiger partial charge >= 0.3 is 23.9 Å². The zero-order chi connectivity index (χ0) is 32.2. The van der Waals surface area contributed by atoms with E-state index in [1.807, 2.05) is 47.9 Å². The number of rotatable bonds is 9. The number of hydrogen-bond donors (Lipinski definition) is 0. The number of thiophene rings is 1. The number of carbonyl (C=O) groups is 5. The molecule has 1 amide bonds. The molecule has 0 radical (unpaired) electrons. The number of fused-ring (bicyclic) bond motifs is 1. The van der Waals surface area contributed by atoms with Crippen LogP contribution >= 0.6 is 11.3 Å². The van der Waals surface area contributed by atoms with E-state index >= 15 is 0 Å². The second kappa shape index (κ2) is 13.4. The smallest absolute Gasteiger partial charge is 0.303 e. The molecule has 2 aromatic heterocycles. The lowest BCUT2D eigenvalue weighted by Gasteiger charge is -2.44. The first-order valence-corrected chi connectivity index (χ1v) is 14.8. The van der Waals surface area contributed by atoms with Gasteiger partial charge in [0.25, 0.3) is 5.91 Å². The highest BCUT2D eigenvalue weighted by Crippen LogP contribution is 2.39. The predicted molar refractivity (Wildman–Crippen MR) is 157 cm³/mol. The van der Waals surface area contributed by atoms with Gasteiger partial charge in [0.05, 0.1) is 24.0 Å². The minimum absolute atomic E-state index is 0.0445. The van der Waals surface area contributed by atoms with Crippen LogP contribution in [0.5, 0.6) is 0 Å². The second-order valence-electron chi connectivity index (χ2n) is 10.3. The fraction of sp³-hybridized carbons (Fsp3) is 0.367. The lowest BCUT2D eigenvalue weighted by atomic mass is 9.97. The SMILES string of the molecule is CC(=O)OC[C@H]1O[C@@H](n2cc(CN3C(=O)/C(=C\c4cccs4)c4ccccc43)nn2)[C@H](OC(C)=O)[C@@H](OC(C)=O)[C@@H]1OC(C)=O. The number of nitrogens with zero attached hydrogens (tertiary/aromatic N) is 4. The largest absolute Gasteiger partial charge is 0.463 e. The van der Waals surface area contributed by atoms with E-state index in [4.69, 9.17) is 23.7 Å². The van der Waals surface area contributed by atoms with Crippen molar-refractivity contribution in [3.05, 3.63) is 64.1 Å². The molecule has 0 unspecified atom stereocenters. The van der Waals surface area contributed by atoms with Gasteiger partial charge < -0.3 is 28.6 Å². The third kappa shape index (κ3) is 7.10. The van der Waals surface area contributed by atoms with Gasteiger partial charge in [-0.2, -0.15) is 0 Å². The van der Waals surface area contributed by atoms with E-state index in [-0.39, 0.29) is 19.1 Å². The highest BCUT2D eigenvalue weighted by Gasteiger charge is 2.53. The number of benzene rings is 1. The predicted octanol–water partition coefficient (Wildman–Crippen LogP) is 2.68. The molecule has 5 rings (SSSR count). The Kier molecular flexibility index (Phi) is 9.39. The maximum atomic E-state index is 13.6.